The average Bonchev–Trinajstić information content (AvgIpc) is 3.38. The van der Waals surface area contributed by atoms with E-state index < -0.39 is 0 Å². The first-order chi connectivity index (χ1) is 13.7. The summed E-state index contributed by atoms with van der Waals surface area (Å²) in [5, 5.41) is 11.2. The van der Waals surface area contributed by atoms with Gasteiger partial charge in [-0.3, -0.25) is 0 Å². The van der Waals surface area contributed by atoms with Gasteiger partial charge in [-0.15, -0.1) is 24.0 Å². The Kier molecular flexibility index (Phi) is 9.76. The number of aromatic nitrogens is 1. The van der Waals surface area contributed by atoms with Crippen LogP contribution >= 0.6 is 24.0 Å². The Morgan fingerprint density at radius 3 is 2.69 bits per heavy atom. The molecule has 160 valence electrons. The fourth-order valence-electron chi connectivity index (χ4n) is 3.72. The molecule has 1 atom stereocenters. The molecule has 1 aliphatic heterocycles. The third-order valence-electron chi connectivity index (χ3n) is 5.37. The number of anilines is 1. The molecule has 0 amide bonds. The van der Waals surface area contributed by atoms with E-state index in [-0.39, 0.29) is 24.0 Å². The van der Waals surface area contributed by atoms with Crippen LogP contribution in [0.5, 0.6) is 0 Å². The van der Waals surface area contributed by atoms with E-state index in [1.807, 2.05) is 0 Å². The van der Waals surface area contributed by atoms with Gasteiger partial charge in [-0.2, -0.15) is 0 Å². The Hall–Kier alpha value is -1.77. The van der Waals surface area contributed by atoms with Crippen molar-refractivity contribution in [3.63, 3.8) is 0 Å². The van der Waals surface area contributed by atoms with Crippen molar-refractivity contribution in [3.8, 4) is 0 Å². The van der Waals surface area contributed by atoms with Crippen molar-refractivity contribution in [1.29, 1.82) is 0 Å². The minimum Gasteiger partial charge on any atom is -0.369 e. The van der Waals surface area contributed by atoms with Gasteiger partial charge in [-0.25, -0.2) is 4.99 Å². The van der Waals surface area contributed by atoms with Crippen molar-refractivity contribution in [2.75, 3.05) is 24.5 Å². The summed E-state index contributed by atoms with van der Waals surface area (Å²) >= 11 is 0. The smallest absolute Gasteiger partial charge is 0.191 e. The van der Waals surface area contributed by atoms with E-state index >= 15 is 0 Å². The van der Waals surface area contributed by atoms with Crippen LogP contribution in [0.4, 0.5) is 5.69 Å². The Morgan fingerprint density at radius 2 is 2.00 bits per heavy atom. The van der Waals surface area contributed by atoms with Gasteiger partial charge in [0.05, 0.1) is 5.69 Å². The van der Waals surface area contributed by atoms with Crippen LogP contribution in [0.3, 0.4) is 0 Å². The molecule has 1 aromatic carbocycles. The zero-order valence-corrected chi connectivity index (χ0v) is 20.1. The maximum atomic E-state index is 5.50. The number of para-hydroxylation sites is 1. The predicted molar refractivity (Wildman–Crippen MR) is 130 cm³/mol. The summed E-state index contributed by atoms with van der Waals surface area (Å²) in [5.74, 6) is 2.12. The molecular formula is C22H34IN5O. The van der Waals surface area contributed by atoms with Gasteiger partial charge in [0, 0.05) is 43.3 Å². The number of aliphatic imine (C=N–C) groups is 1. The first-order valence-electron chi connectivity index (χ1n) is 10.5. The molecule has 0 bridgehead atoms. The largest absolute Gasteiger partial charge is 0.369 e. The van der Waals surface area contributed by atoms with Crippen LogP contribution in [0.2, 0.25) is 0 Å². The molecule has 1 aliphatic rings. The van der Waals surface area contributed by atoms with Crippen LogP contribution in [0.1, 0.15) is 57.4 Å². The lowest BCUT2D eigenvalue weighted by Gasteiger charge is -2.20. The molecular weight excluding hydrogens is 477 g/mol. The zero-order chi connectivity index (χ0) is 19.8. The van der Waals surface area contributed by atoms with Gasteiger partial charge in [-0.1, -0.05) is 37.2 Å². The molecule has 0 radical (unpaired) electrons. The predicted octanol–water partition coefficient (Wildman–Crippen LogP) is 4.53. The van der Waals surface area contributed by atoms with Crippen molar-refractivity contribution < 1.29 is 4.52 Å². The quantitative estimate of drug-likeness (QED) is 0.310. The number of hydrogen-bond donors (Lipinski definition) is 2. The summed E-state index contributed by atoms with van der Waals surface area (Å²) < 4.78 is 5.50. The van der Waals surface area contributed by atoms with E-state index in [1.165, 1.54) is 5.69 Å². The second kappa shape index (κ2) is 12.0. The van der Waals surface area contributed by atoms with Crippen LogP contribution in [0, 0.1) is 0 Å². The summed E-state index contributed by atoms with van der Waals surface area (Å²) in [6.07, 6.45) is 3.26. The Bertz CT molecular complexity index is 745. The molecule has 1 aromatic heterocycles. The molecule has 1 saturated heterocycles. The second-order valence-corrected chi connectivity index (χ2v) is 7.34. The van der Waals surface area contributed by atoms with Crippen molar-refractivity contribution in [2.45, 2.75) is 58.5 Å². The number of rotatable bonds is 8. The van der Waals surface area contributed by atoms with Crippen molar-refractivity contribution in [2.24, 2.45) is 4.99 Å². The van der Waals surface area contributed by atoms with E-state index in [4.69, 9.17) is 9.52 Å². The lowest BCUT2D eigenvalue weighted by molar-refractivity contribution is 0.372. The van der Waals surface area contributed by atoms with Crippen molar-refractivity contribution >= 4 is 35.6 Å². The highest BCUT2D eigenvalue weighted by molar-refractivity contribution is 14.0. The molecule has 29 heavy (non-hydrogen) atoms. The highest BCUT2D eigenvalue weighted by Gasteiger charge is 2.23. The van der Waals surface area contributed by atoms with Gasteiger partial charge in [0.25, 0.3) is 0 Å². The standard InChI is InChI=1S/C22H33N5O.HI/c1-4-17(5-2)21-14-20(28-26-21)15-24-22(23-6-3)25-18-12-13-27(16-18)19-10-8-7-9-11-19;/h7-11,14,17-18H,4-6,12-13,15-16H2,1-3H3,(H2,23,24,25);1H. The van der Waals surface area contributed by atoms with Crippen molar-refractivity contribution in [1.82, 2.24) is 15.8 Å². The van der Waals surface area contributed by atoms with Gasteiger partial charge < -0.3 is 20.1 Å². The lowest BCUT2D eigenvalue weighted by atomic mass is 9.99. The van der Waals surface area contributed by atoms with E-state index in [9.17, 15) is 0 Å². The number of hydrogen-bond acceptors (Lipinski definition) is 4. The van der Waals surface area contributed by atoms with Crippen LogP contribution in [-0.4, -0.2) is 36.8 Å². The Balaban J connectivity index is 0.00000300. The average molecular weight is 511 g/mol. The van der Waals surface area contributed by atoms with Crippen molar-refractivity contribution in [3.05, 3.63) is 47.9 Å². The topological polar surface area (TPSA) is 65.7 Å². The summed E-state index contributed by atoms with van der Waals surface area (Å²) in [6, 6.07) is 13.0. The molecule has 0 saturated carbocycles. The van der Waals surface area contributed by atoms with Gasteiger partial charge >= 0.3 is 0 Å². The highest BCUT2D eigenvalue weighted by Crippen LogP contribution is 2.23. The number of halogens is 1. The number of nitrogens with one attached hydrogen (secondary N) is 2. The van der Waals surface area contributed by atoms with E-state index in [2.05, 4.69) is 77.9 Å². The third-order valence-corrected chi connectivity index (χ3v) is 5.37. The van der Waals surface area contributed by atoms with Gasteiger partial charge in [-0.05, 0) is 38.3 Å². The molecule has 7 heteroatoms. The molecule has 2 heterocycles. The van der Waals surface area contributed by atoms with E-state index in [0.29, 0.717) is 18.5 Å². The molecule has 0 aliphatic carbocycles. The molecule has 2 N–H and O–H groups in total. The highest BCUT2D eigenvalue weighted by atomic mass is 127. The first-order valence-corrected chi connectivity index (χ1v) is 10.5. The maximum Gasteiger partial charge on any atom is 0.191 e. The normalized spacial score (nSPS) is 16.8. The van der Waals surface area contributed by atoms with Crippen LogP contribution in [0.25, 0.3) is 0 Å². The summed E-state index contributed by atoms with van der Waals surface area (Å²) in [7, 11) is 0. The third kappa shape index (κ3) is 6.62. The molecule has 3 rings (SSSR count). The number of guanidine groups is 1. The molecule has 1 fully saturated rings. The minimum atomic E-state index is 0. The molecule has 0 spiro atoms. The molecule has 6 nitrogen and oxygen atoms in total. The Morgan fingerprint density at radius 1 is 1.24 bits per heavy atom. The van der Waals surface area contributed by atoms with E-state index in [0.717, 1.165) is 56.3 Å². The van der Waals surface area contributed by atoms with Crippen LogP contribution < -0.4 is 15.5 Å². The molecule has 2 aromatic rings. The summed E-state index contributed by atoms with van der Waals surface area (Å²) in [5.41, 5.74) is 2.33. The fourth-order valence-corrected chi connectivity index (χ4v) is 3.72. The maximum absolute atomic E-state index is 5.50. The minimum absolute atomic E-state index is 0. The monoisotopic (exact) mass is 511 g/mol. The zero-order valence-electron chi connectivity index (χ0n) is 17.7. The fraction of sp³-hybridized carbons (Fsp3) is 0.545. The van der Waals surface area contributed by atoms with Crippen LogP contribution in [-0.2, 0) is 6.54 Å². The van der Waals surface area contributed by atoms with E-state index in [1.54, 1.807) is 0 Å². The first kappa shape index (κ1) is 23.5. The SMILES string of the molecule is CCNC(=NCc1cc(C(CC)CC)no1)NC1CCN(c2ccccc2)C1.I. The number of nitrogens with zero attached hydrogens (tertiary/aromatic N) is 3. The van der Waals surface area contributed by atoms with Gasteiger partial charge in [0.2, 0.25) is 0 Å². The summed E-state index contributed by atoms with van der Waals surface area (Å²) in [4.78, 5) is 7.13. The lowest BCUT2D eigenvalue weighted by Crippen LogP contribution is -2.44. The number of benzene rings is 1. The Labute approximate surface area is 191 Å². The van der Waals surface area contributed by atoms with Gasteiger partial charge in [0.15, 0.2) is 11.7 Å². The van der Waals surface area contributed by atoms with Crippen LogP contribution in [0.15, 0.2) is 45.9 Å². The summed E-state index contributed by atoms with van der Waals surface area (Å²) in [6.45, 7) is 9.83. The van der Waals surface area contributed by atoms with Gasteiger partial charge in [0.1, 0.15) is 6.54 Å². The molecule has 1 unspecified atom stereocenters. The second-order valence-electron chi connectivity index (χ2n) is 7.34.